The fourth-order valence-electron chi connectivity index (χ4n) is 2.62. The summed E-state index contributed by atoms with van der Waals surface area (Å²) in [7, 11) is 1.47. The standard InChI is InChI=1S/C19H23NO4/c1-3-4-11-24-18(23)19(20-2,17(21)22)13-14-9-10-15-7-5-6-8-16(15)12-14/h5-10,12,20H,3-4,11,13H2,1-2H3,(H,21,22). The van der Waals surface area contributed by atoms with Crippen LogP contribution < -0.4 is 5.32 Å². The predicted molar refractivity (Wildman–Crippen MR) is 92.9 cm³/mol. The van der Waals surface area contributed by atoms with Crippen molar-refractivity contribution in [2.45, 2.75) is 31.7 Å². The van der Waals surface area contributed by atoms with Crippen LogP contribution in [-0.4, -0.2) is 36.2 Å². The molecule has 0 aromatic heterocycles. The second-order valence-corrected chi connectivity index (χ2v) is 5.81. The van der Waals surface area contributed by atoms with E-state index in [1.807, 2.05) is 49.4 Å². The van der Waals surface area contributed by atoms with E-state index in [1.54, 1.807) is 0 Å². The number of rotatable bonds is 8. The maximum absolute atomic E-state index is 12.4. The number of likely N-dealkylation sites (N-methyl/N-ethyl adjacent to an activating group) is 1. The lowest BCUT2D eigenvalue weighted by molar-refractivity contribution is -0.163. The number of hydrogen-bond donors (Lipinski definition) is 2. The van der Waals surface area contributed by atoms with Crippen LogP contribution in [0, 0.1) is 0 Å². The quantitative estimate of drug-likeness (QED) is 0.442. The average Bonchev–Trinajstić information content (AvgIpc) is 2.59. The van der Waals surface area contributed by atoms with Crippen molar-refractivity contribution in [3.05, 3.63) is 48.0 Å². The Bertz CT molecular complexity index is 728. The highest BCUT2D eigenvalue weighted by molar-refractivity contribution is 6.04. The fraction of sp³-hybridized carbons (Fsp3) is 0.368. The number of carboxylic acid groups (broad SMARTS) is 1. The molecule has 0 fully saturated rings. The van der Waals surface area contributed by atoms with E-state index in [0.29, 0.717) is 6.42 Å². The lowest BCUT2D eigenvalue weighted by atomic mass is 9.90. The summed E-state index contributed by atoms with van der Waals surface area (Å²) in [6.07, 6.45) is 1.60. The van der Waals surface area contributed by atoms with Crippen molar-refractivity contribution in [2.24, 2.45) is 0 Å². The summed E-state index contributed by atoms with van der Waals surface area (Å²) in [5, 5.41) is 14.4. The van der Waals surface area contributed by atoms with Crippen molar-refractivity contribution in [2.75, 3.05) is 13.7 Å². The van der Waals surface area contributed by atoms with Gasteiger partial charge in [0, 0.05) is 6.42 Å². The molecule has 0 heterocycles. The van der Waals surface area contributed by atoms with Crippen molar-refractivity contribution >= 4 is 22.7 Å². The van der Waals surface area contributed by atoms with Crippen LogP contribution >= 0.6 is 0 Å². The van der Waals surface area contributed by atoms with Crippen LogP contribution in [0.1, 0.15) is 25.3 Å². The molecule has 0 aliphatic rings. The number of carboxylic acids is 1. The summed E-state index contributed by atoms with van der Waals surface area (Å²) in [6.45, 7) is 2.20. The van der Waals surface area contributed by atoms with Crippen LogP contribution in [0.25, 0.3) is 10.8 Å². The third kappa shape index (κ3) is 3.74. The number of unbranched alkanes of at least 4 members (excludes halogenated alkanes) is 1. The van der Waals surface area contributed by atoms with Gasteiger partial charge in [-0.15, -0.1) is 0 Å². The van der Waals surface area contributed by atoms with Crippen LogP contribution in [-0.2, 0) is 20.7 Å². The molecule has 0 saturated carbocycles. The zero-order valence-corrected chi connectivity index (χ0v) is 14.0. The van der Waals surface area contributed by atoms with Gasteiger partial charge in [0.05, 0.1) is 6.61 Å². The number of carbonyl (C=O) groups is 2. The predicted octanol–water partition coefficient (Wildman–Crippen LogP) is 2.77. The van der Waals surface area contributed by atoms with Gasteiger partial charge in [-0.25, -0.2) is 9.59 Å². The van der Waals surface area contributed by atoms with E-state index in [9.17, 15) is 14.7 Å². The first-order chi connectivity index (χ1) is 11.5. The Morgan fingerprint density at radius 1 is 1.17 bits per heavy atom. The van der Waals surface area contributed by atoms with E-state index in [1.165, 1.54) is 7.05 Å². The van der Waals surface area contributed by atoms with Crippen molar-refractivity contribution < 1.29 is 19.4 Å². The van der Waals surface area contributed by atoms with Gasteiger partial charge in [0.25, 0.3) is 0 Å². The van der Waals surface area contributed by atoms with Crippen LogP contribution in [0.5, 0.6) is 0 Å². The molecule has 2 aromatic carbocycles. The molecule has 5 heteroatoms. The maximum Gasteiger partial charge on any atom is 0.338 e. The monoisotopic (exact) mass is 329 g/mol. The SMILES string of the molecule is CCCCOC(=O)C(Cc1ccc2ccccc2c1)(NC)C(=O)O. The van der Waals surface area contributed by atoms with Gasteiger partial charge in [-0.2, -0.15) is 0 Å². The van der Waals surface area contributed by atoms with E-state index in [-0.39, 0.29) is 13.0 Å². The highest BCUT2D eigenvalue weighted by Gasteiger charge is 2.46. The molecule has 2 rings (SSSR count). The normalized spacial score (nSPS) is 13.4. The number of ether oxygens (including phenoxy) is 1. The summed E-state index contributed by atoms with van der Waals surface area (Å²) in [4.78, 5) is 24.2. The molecule has 24 heavy (non-hydrogen) atoms. The molecule has 0 bridgehead atoms. The van der Waals surface area contributed by atoms with Gasteiger partial charge in [0.1, 0.15) is 0 Å². The van der Waals surface area contributed by atoms with Crippen LogP contribution in [0.15, 0.2) is 42.5 Å². The Morgan fingerprint density at radius 3 is 2.50 bits per heavy atom. The molecule has 0 aliphatic heterocycles. The molecule has 0 saturated heterocycles. The number of carbonyl (C=O) groups excluding carboxylic acids is 1. The Hall–Kier alpha value is -2.40. The molecule has 5 nitrogen and oxygen atoms in total. The molecule has 2 aromatic rings. The lowest BCUT2D eigenvalue weighted by Gasteiger charge is -2.27. The molecule has 2 N–H and O–H groups in total. The second kappa shape index (κ2) is 7.93. The molecule has 0 radical (unpaired) electrons. The van der Waals surface area contributed by atoms with Crippen molar-refractivity contribution in [1.29, 1.82) is 0 Å². The molecule has 0 amide bonds. The Labute approximate surface area is 141 Å². The Balaban J connectivity index is 2.29. The van der Waals surface area contributed by atoms with Crippen molar-refractivity contribution in [3.8, 4) is 0 Å². The smallest absolute Gasteiger partial charge is 0.338 e. The van der Waals surface area contributed by atoms with Gasteiger partial charge >= 0.3 is 11.9 Å². The van der Waals surface area contributed by atoms with Crippen molar-refractivity contribution in [3.63, 3.8) is 0 Å². The molecule has 1 unspecified atom stereocenters. The van der Waals surface area contributed by atoms with Gasteiger partial charge in [-0.3, -0.25) is 5.32 Å². The number of fused-ring (bicyclic) bond motifs is 1. The third-order valence-corrected chi connectivity index (χ3v) is 4.15. The number of nitrogens with one attached hydrogen (secondary N) is 1. The number of aliphatic carboxylic acids is 1. The first-order valence-electron chi connectivity index (χ1n) is 8.10. The largest absolute Gasteiger partial charge is 0.479 e. The molecular weight excluding hydrogens is 306 g/mol. The van der Waals surface area contributed by atoms with Gasteiger partial charge in [0.2, 0.25) is 5.54 Å². The molecular formula is C19H23NO4. The number of esters is 1. The van der Waals surface area contributed by atoms with E-state index >= 15 is 0 Å². The van der Waals surface area contributed by atoms with E-state index in [0.717, 1.165) is 22.8 Å². The van der Waals surface area contributed by atoms with Crippen molar-refractivity contribution in [1.82, 2.24) is 5.32 Å². The van der Waals surface area contributed by atoms with E-state index < -0.39 is 17.5 Å². The second-order valence-electron chi connectivity index (χ2n) is 5.81. The summed E-state index contributed by atoms with van der Waals surface area (Å²) < 4.78 is 5.18. The van der Waals surface area contributed by atoms with Crippen LogP contribution in [0.4, 0.5) is 0 Å². The highest BCUT2D eigenvalue weighted by Crippen LogP contribution is 2.21. The average molecular weight is 329 g/mol. The Kier molecular flexibility index (Phi) is 5.93. The minimum Gasteiger partial charge on any atom is -0.479 e. The number of benzene rings is 2. The van der Waals surface area contributed by atoms with Gasteiger partial charge in [0.15, 0.2) is 0 Å². The zero-order chi connectivity index (χ0) is 17.6. The van der Waals surface area contributed by atoms with Gasteiger partial charge in [-0.05, 0) is 29.8 Å². The van der Waals surface area contributed by atoms with Crippen LogP contribution in [0.2, 0.25) is 0 Å². The first-order valence-corrected chi connectivity index (χ1v) is 8.10. The third-order valence-electron chi connectivity index (χ3n) is 4.15. The van der Waals surface area contributed by atoms with E-state index in [4.69, 9.17) is 4.74 Å². The molecule has 1 atom stereocenters. The Morgan fingerprint density at radius 2 is 1.88 bits per heavy atom. The topological polar surface area (TPSA) is 75.6 Å². The van der Waals surface area contributed by atoms with Gasteiger partial charge in [-0.1, -0.05) is 55.8 Å². The summed E-state index contributed by atoms with van der Waals surface area (Å²) in [5.41, 5.74) is -1.02. The summed E-state index contributed by atoms with van der Waals surface area (Å²) in [6, 6.07) is 13.5. The fourth-order valence-corrected chi connectivity index (χ4v) is 2.62. The minimum absolute atomic E-state index is 0.0224. The van der Waals surface area contributed by atoms with Crippen LogP contribution in [0.3, 0.4) is 0 Å². The molecule has 0 spiro atoms. The van der Waals surface area contributed by atoms with Gasteiger partial charge < -0.3 is 9.84 Å². The zero-order valence-electron chi connectivity index (χ0n) is 14.0. The first kappa shape index (κ1) is 17.9. The van der Waals surface area contributed by atoms with E-state index in [2.05, 4.69) is 5.32 Å². The minimum atomic E-state index is -1.78. The highest BCUT2D eigenvalue weighted by atomic mass is 16.5. The molecule has 0 aliphatic carbocycles. The maximum atomic E-state index is 12.4. The summed E-state index contributed by atoms with van der Waals surface area (Å²) in [5.74, 6) is -1.99. The lowest BCUT2D eigenvalue weighted by Crippen LogP contribution is -2.59. The molecule has 128 valence electrons. The number of hydrogen-bond acceptors (Lipinski definition) is 4. The summed E-state index contributed by atoms with van der Waals surface area (Å²) >= 11 is 0.